The average Bonchev–Trinajstić information content (AvgIpc) is 2.68. The summed E-state index contributed by atoms with van der Waals surface area (Å²) in [6.07, 6.45) is 3.17. The van der Waals surface area contributed by atoms with Crippen molar-refractivity contribution >= 4 is 11.1 Å². The van der Waals surface area contributed by atoms with E-state index >= 15 is 0 Å². The van der Waals surface area contributed by atoms with Crippen molar-refractivity contribution in [3.8, 4) is 11.4 Å². The topological polar surface area (TPSA) is 66.0 Å². The van der Waals surface area contributed by atoms with Gasteiger partial charge in [-0.05, 0) is 18.2 Å². The van der Waals surface area contributed by atoms with Gasteiger partial charge in [0.1, 0.15) is 0 Å². The van der Waals surface area contributed by atoms with Crippen molar-refractivity contribution in [3.05, 3.63) is 36.7 Å². The minimum Gasteiger partial charge on any atom is -0.359 e. The maximum Gasteiger partial charge on any atom is 0.188 e. The van der Waals surface area contributed by atoms with E-state index in [1.54, 1.807) is 12.3 Å². The van der Waals surface area contributed by atoms with Gasteiger partial charge in [-0.15, -0.1) is 0 Å². The van der Waals surface area contributed by atoms with Crippen molar-refractivity contribution in [3.63, 3.8) is 0 Å². The fourth-order valence-electron chi connectivity index (χ4n) is 1.15. The van der Waals surface area contributed by atoms with Crippen molar-refractivity contribution in [2.24, 2.45) is 0 Å². The maximum absolute atomic E-state index is 10.7. The molecule has 1 unspecified atom stereocenters. The van der Waals surface area contributed by atoms with Gasteiger partial charge < -0.3 is 9.54 Å². The summed E-state index contributed by atoms with van der Waals surface area (Å²) in [4.78, 5) is 7.35. The summed E-state index contributed by atoms with van der Waals surface area (Å²) in [6.45, 7) is 0. The molecule has 5 heteroatoms. The van der Waals surface area contributed by atoms with Crippen LogP contribution in [-0.2, 0) is 11.1 Å². The van der Waals surface area contributed by atoms with E-state index in [4.69, 9.17) is 4.55 Å². The van der Waals surface area contributed by atoms with Crippen LogP contribution in [0.25, 0.3) is 11.4 Å². The Balaban J connectivity index is 2.39. The second-order valence-electron chi connectivity index (χ2n) is 2.71. The molecule has 72 valence electrons. The molecule has 4 nitrogen and oxygen atoms in total. The Hall–Kier alpha value is -1.46. The van der Waals surface area contributed by atoms with Crippen molar-refractivity contribution in [2.75, 3.05) is 0 Å². The van der Waals surface area contributed by atoms with Gasteiger partial charge in [-0.3, -0.25) is 4.98 Å². The van der Waals surface area contributed by atoms with Crippen LogP contribution in [0.5, 0.6) is 0 Å². The monoisotopic (exact) mass is 208 g/mol. The van der Waals surface area contributed by atoms with Gasteiger partial charge in [0, 0.05) is 12.4 Å². The molecule has 2 heterocycles. The van der Waals surface area contributed by atoms with Gasteiger partial charge in [-0.2, -0.15) is 0 Å². The van der Waals surface area contributed by atoms with Gasteiger partial charge in [-0.1, -0.05) is 6.07 Å². The van der Waals surface area contributed by atoms with Crippen LogP contribution in [0.4, 0.5) is 0 Å². The lowest BCUT2D eigenvalue weighted by molar-refractivity contribution is 0.564. The standard InChI is InChI=1S/C9H8N2O2S/c12-14(13)7-5-9(11-6-7)8-3-1-2-4-10-8/h1-6,11H,(H,12,13). The van der Waals surface area contributed by atoms with E-state index in [1.807, 2.05) is 18.2 Å². The van der Waals surface area contributed by atoms with E-state index in [0.29, 0.717) is 4.90 Å². The first-order chi connectivity index (χ1) is 6.77. The lowest BCUT2D eigenvalue weighted by Crippen LogP contribution is -1.83. The minimum absolute atomic E-state index is 0.352. The number of nitrogens with one attached hydrogen (secondary N) is 1. The van der Waals surface area contributed by atoms with Crippen molar-refractivity contribution in [1.82, 2.24) is 9.97 Å². The quantitative estimate of drug-likeness (QED) is 0.737. The number of H-pyrrole nitrogens is 1. The predicted octanol–water partition coefficient (Wildman–Crippen LogP) is 1.66. The van der Waals surface area contributed by atoms with Crippen LogP contribution in [0, 0.1) is 0 Å². The highest BCUT2D eigenvalue weighted by Gasteiger charge is 2.05. The summed E-state index contributed by atoms with van der Waals surface area (Å²) >= 11 is -1.94. The zero-order chi connectivity index (χ0) is 9.97. The summed E-state index contributed by atoms with van der Waals surface area (Å²) in [7, 11) is 0. The Morgan fingerprint density at radius 2 is 2.29 bits per heavy atom. The van der Waals surface area contributed by atoms with Gasteiger partial charge in [0.05, 0.1) is 16.3 Å². The molecule has 2 aromatic heterocycles. The number of aromatic amines is 1. The molecule has 0 spiro atoms. The Kier molecular flexibility index (Phi) is 2.43. The van der Waals surface area contributed by atoms with E-state index in [-0.39, 0.29) is 0 Å². The molecule has 0 aliphatic rings. The molecule has 0 radical (unpaired) electrons. The fourth-order valence-corrected chi connectivity index (χ4v) is 1.52. The third kappa shape index (κ3) is 1.73. The van der Waals surface area contributed by atoms with Crippen molar-refractivity contribution in [2.45, 2.75) is 4.90 Å². The minimum atomic E-state index is -1.94. The number of pyridine rings is 1. The van der Waals surface area contributed by atoms with E-state index in [1.165, 1.54) is 6.20 Å². The first-order valence-corrected chi connectivity index (χ1v) is 5.09. The second kappa shape index (κ2) is 3.73. The summed E-state index contributed by atoms with van der Waals surface area (Å²) < 4.78 is 19.5. The fraction of sp³-hybridized carbons (Fsp3) is 0. The van der Waals surface area contributed by atoms with Crippen LogP contribution in [0.2, 0.25) is 0 Å². The first kappa shape index (κ1) is 9.11. The Labute approximate surface area is 83.3 Å². The van der Waals surface area contributed by atoms with Crippen LogP contribution in [0.15, 0.2) is 41.6 Å². The molecule has 0 saturated heterocycles. The molecule has 2 aromatic rings. The lowest BCUT2D eigenvalue weighted by Gasteiger charge is -1.93. The summed E-state index contributed by atoms with van der Waals surface area (Å²) in [5.74, 6) is 0. The molecule has 0 aliphatic carbocycles. The molecular weight excluding hydrogens is 200 g/mol. The second-order valence-corrected chi connectivity index (χ2v) is 3.68. The third-order valence-electron chi connectivity index (χ3n) is 1.80. The highest BCUT2D eigenvalue weighted by atomic mass is 32.2. The molecular formula is C9H8N2O2S. The molecule has 0 fully saturated rings. The summed E-state index contributed by atoms with van der Waals surface area (Å²) in [5.41, 5.74) is 1.49. The summed E-state index contributed by atoms with van der Waals surface area (Å²) in [6, 6.07) is 7.12. The van der Waals surface area contributed by atoms with E-state index < -0.39 is 11.1 Å². The average molecular weight is 208 g/mol. The molecule has 0 aliphatic heterocycles. The van der Waals surface area contributed by atoms with Gasteiger partial charge in [0.2, 0.25) is 0 Å². The number of rotatable bonds is 2. The van der Waals surface area contributed by atoms with Crippen molar-refractivity contribution < 1.29 is 8.76 Å². The van der Waals surface area contributed by atoms with Gasteiger partial charge in [-0.25, -0.2) is 4.21 Å². The molecule has 2 rings (SSSR count). The van der Waals surface area contributed by atoms with Crippen LogP contribution in [0.3, 0.4) is 0 Å². The predicted molar refractivity (Wildman–Crippen MR) is 53.1 cm³/mol. The number of hydrogen-bond acceptors (Lipinski definition) is 2. The summed E-state index contributed by atoms with van der Waals surface area (Å²) in [5, 5.41) is 0. The molecule has 0 saturated carbocycles. The molecule has 0 amide bonds. The Morgan fingerprint density at radius 1 is 1.43 bits per heavy atom. The molecule has 2 N–H and O–H groups in total. The number of nitrogens with zero attached hydrogens (tertiary/aromatic N) is 1. The van der Waals surface area contributed by atoms with E-state index in [0.717, 1.165) is 11.4 Å². The van der Waals surface area contributed by atoms with Crippen molar-refractivity contribution in [1.29, 1.82) is 0 Å². The molecule has 14 heavy (non-hydrogen) atoms. The highest BCUT2D eigenvalue weighted by Crippen LogP contribution is 2.17. The first-order valence-electron chi connectivity index (χ1n) is 3.98. The maximum atomic E-state index is 10.7. The Morgan fingerprint density at radius 3 is 2.86 bits per heavy atom. The third-order valence-corrected chi connectivity index (χ3v) is 2.44. The van der Waals surface area contributed by atoms with Gasteiger partial charge in [0.25, 0.3) is 0 Å². The van der Waals surface area contributed by atoms with Crippen LogP contribution in [0.1, 0.15) is 0 Å². The number of hydrogen-bond donors (Lipinski definition) is 2. The normalized spacial score (nSPS) is 12.6. The zero-order valence-corrected chi connectivity index (χ0v) is 7.99. The van der Waals surface area contributed by atoms with E-state index in [2.05, 4.69) is 9.97 Å². The Bertz CT molecular complexity index is 453. The van der Waals surface area contributed by atoms with Gasteiger partial charge in [0.15, 0.2) is 11.1 Å². The molecule has 0 aromatic carbocycles. The zero-order valence-electron chi connectivity index (χ0n) is 7.18. The molecule has 1 atom stereocenters. The highest BCUT2D eigenvalue weighted by molar-refractivity contribution is 7.79. The lowest BCUT2D eigenvalue weighted by atomic mass is 10.3. The SMILES string of the molecule is O=S(O)c1c[nH]c(-c2ccccn2)c1. The van der Waals surface area contributed by atoms with Crippen LogP contribution < -0.4 is 0 Å². The van der Waals surface area contributed by atoms with Gasteiger partial charge >= 0.3 is 0 Å². The van der Waals surface area contributed by atoms with Crippen LogP contribution >= 0.6 is 0 Å². The van der Waals surface area contributed by atoms with E-state index in [9.17, 15) is 4.21 Å². The van der Waals surface area contributed by atoms with Crippen LogP contribution in [-0.4, -0.2) is 18.7 Å². The largest absolute Gasteiger partial charge is 0.359 e. The number of aromatic nitrogens is 2. The molecule has 0 bridgehead atoms. The smallest absolute Gasteiger partial charge is 0.188 e.